The molecule has 0 atom stereocenters. The van der Waals surface area contributed by atoms with Crippen molar-refractivity contribution in [2.45, 2.75) is 38.1 Å². The molecule has 1 saturated carbocycles. The molecule has 2 aromatic carbocycles. The summed E-state index contributed by atoms with van der Waals surface area (Å²) < 4.78 is 5.50. The second kappa shape index (κ2) is 6.08. The Bertz CT molecular complexity index is 612. The molecule has 3 rings (SSSR count). The van der Waals surface area contributed by atoms with E-state index < -0.39 is 0 Å². The van der Waals surface area contributed by atoms with Crippen molar-refractivity contribution >= 4 is 17.0 Å². The van der Waals surface area contributed by atoms with Crippen LogP contribution >= 0.6 is 0 Å². The van der Waals surface area contributed by atoms with Crippen LogP contribution in [0.2, 0.25) is 0 Å². The first kappa shape index (κ1) is 13.2. The number of ether oxygens (including phenoxy) is 1. The molecule has 0 radical (unpaired) electrons. The van der Waals surface area contributed by atoms with Crippen molar-refractivity contribution in [1.82, 2.24) is 0 Å². The highest BCUT2D eigenvalue weighted by atomic mass is 16.5. The summed E-state index contributed by atoms with van der Waals surface area (Å²) in [4.78, 5) is 4.76. The molecule has 1 fully saturated rings. The molecule has 0 bridgehead atoms. The molecule has 2 heteroatoms. The second-order valence-electron chi connectivity index (χ2n) is 5.51. The average molecular weight is 267 g/mol. The van der Waals surface area contributed by atoms with Gasteiger partial charge in [-0.25, -0.2) is 0 Å². The molecule has 20 heavy (non-hydrogen) atoms. The highest BCUT2D eigenvalue weighted by Gasteiger charge is 2.11. The molecule has 2 nitrogen and oxygen atoms in total. The van der Waals surface area contributed by atoms with Crippen LogP contribution in [0.5, 0.6) is 5.75 Å². The van der Waals surface area contributed by atoms with Gasteiger partial charge in [0.2, 0.25) is 0 Å². The summed E-state index contributed by atoms with van der Waals surface area (Å²) >= 11 is 0. The van der Waals surface area contributed by atoms with Gasteiger partial charge < -0.3 is 4.74 Å². The van der Waals surface area contributed by atoms with Gasteiger partial charge in [-0.15, -0.1) is 0 Å². The highest BCUT2D eigenvalue weighted by Crippen LogP contribution is 2.26. The Hall–Kier alpha value is -1.83. The number of nitrogens with zero attached hydrogens (tertiary/aromatic N) is 1. The van der Waals surface area contributed by atoms with Crippen LogP contribution < -0.4 is 4.74 Å². The maximum absolute atomic E-state index is 5.50. The number of methoxy groups -OCH3 is 1. The molecular formula is C18H21NO. The van der Waals surface area contributed by atoms with Gasteiger partial charge in [0.1, 0.15) is 5.75 Å². The summed E-state index contributed by atoms with van der Waals surface area (Å²) in [5, 5.41) is 2.44. The molecule has 0 saturated heterocycles. The van der Waals surface area contributed by atoms with Gasteiger partial charge in [0.05, 0.1) is 7.11 Å². The first-order valence-electron chi connectivity index (χ1n) is 7.47. The number of hydrogen-bond acceptors (Lipinski definition) is 2. The first-order valence-corrected chi connectivity index (χ1v) is 7.47. The van der Waals surface area contributed by atoms with E-state index in [1.54, 1.807) is 7.11 Å². The zero-order chi connectivity index (χ0) is 13.8. The maximum Gasteiger partial charge on any atom is 0.128 e. The lowest BCUT2D eigenvalue weighted by Crippen LogP contribution is -2.09. The summed E-state index contributed by atoms with van der Waals surface area (Å²) in [5.74, 6) is 0.906. The smallest absolute Gasteiger partial charge is 0.128 e. The van der Waals surface area contributed by atoms with E-state index in [1.807, 2.05) is 6.21 Å². The van der Waals surface area contributed by atoms with E-state index in [0.717, 1.165) is 11.3 Å². The van der Waals surface area contributed by atoms with Crippen LogP contribution in [0, 0.1) is 0 Å². The van der Waals surface area contributed by atoms with E-state index in [2.05, 4.69) is 36.4 Å². The minimum absolute atomic E-state index is 0.500. The molecule has 1 aliphatic rings. The number of rotatable bonds is 3. The third-order valence-corrected chi connectivity index (χ3v) is 4.10. The van der Waals surface area contributed by atoms with Gasteiger partial charge in [-0.2, -0.15) is 0 Å². The van der Waals surface area contributed by atoms with Gasteiger partial charge in [-0.05, 0) is 35.7 Å². The highest BCUT2D eigenvalue weighted by molar-refractivity contribution is 5.93. The van der Waals surface area contributed by atoms with Crippen LogP contribution in [0.15, 0.2) is 41.4 Å². The minimum atomic E-state index is 0.500. The van der Waals surface area contributed by atoms with Crippen molar-refractivity contribution < 1.29 is 4.74 Å². The Labute approximate surface area is 120 Å². The number of fused-ring (bicyclic) bond motifs is 1. The van der Waals surface area contributed by atoms with Crippen LogP contribution in [0.4, 0.5) is 0 Å². The van der Waals surface area contributed by atoms with Gasteiger partial charge >= 0.3 is 0 Å². The fourth-order valence-corrected chi connectivity index (χ4v) is 2.93. The van der Waals surface area contributed by atoms with Crippen molar-refractivity contribution in [3.63, 3.8) is 0 Å². The normalized spacial score (nSPS) is 16.9. The van der Waals surface area contributed by atoms with Crippen molar-refractivity contribution in [3.8, 4) is 5.75 Å². The van der Waals surface area contributed by atoms with Crippen LogP contribution in [0.3, 0.4) is 0 Å². The number of benzene rings is 2. The molecule has 2 aromatic rings. The number of hydrogen-bond donors (Lipinski definition) is 0. The van der Waals surface area contributed by atoms with Gasteiger partial charge in [0.25, 0.3) is 0 Å². The molecule has 0 N–H and O–H groups in total. The fourth-order valence-electron chi connectivity index (χ4n) is 2.93. The van der Waals surface area contributed by atoms with Gasteiger partial charge in [0, 0.05) is 17.8 Å². The van der Waals surface area contributed by atoms with E-state index in [9.17, 15) is 0 Å². The minimum Gasteiger partial charge on any atom is -0.496 e. The Morgan fingerprint density at radius 2 is 1.75 bits per heavy atom. The van der Waals surface area contributed by atoms with Gasteiger partial charge in [-0.3, -0.25) is 4.99 Å². The molecular weight excluding hydrogens is 246 g/mol. The fraction of sp³-hybridized carbons (Fsp3) is 0.389. The lowest BCUT2D eigenvalue weighted by atomic mass is 9.96. The van der Waals surface area contributed by atoms with E-state index in [1.165, 1.54) is 42.9 Å². The lowest BCUT2D eigenvalue weighted by Gasteiger charge is -2.17. The molecule has 0 amide bonds. The predicted octanol–water partition coefficient (Wildman–Crippen LogP) is 4.60. The zero-order valence-corrected chi connectivity index (χ0v) is 12.0. The molecule has 0 aliphatic heterocycles. The third-order valence-electron chi connectivity index (χ3n) is 4.10. The van der Waals surface area contributed by atoms with Crippen molar-refractivity contribution in [2.75, 3.05) is 7.11 Å². The first-order chi connectivity index (χ1) is 9.86. The van der Waals surface area contributed by atoms with E-state index in [-0.39, 0.29) is 0 Å². The van der Waals surface area contributed by atoms with Crippen LogP contribution in [-0.2, 0) is 0 Å². The van der Waals surface area contributed by atoms with Crippen molar-refractivity contribution in [3.05, 3.63) is 42.0 Å². The summed E-state index contributed by atoms with van der Waals surface area (Å²) in [6, 6.07) is 13.1. The molecule has 0 unspecified atom stereocenters. The summed E-state index contributed by atoms with van der Waals surface area (Å²) in [6.07, 6.45) is 8.46. The van der Waals surface area contributed by atoms with E-state index in [4.69, 9.17) is 9.73 Å². The van der Waals surface area contributed by atoms with Crippen LogP contribution in [-0.4, -0.2) is 19.4 Å². The lowest BCUT2D eigenvalue weighted by molar-refractivity contribution is 0.414. The van der Waals surface area contributed by atoms with Crippen LogP contribution in [0.1, 0.15) is 37.7 Å². The summed E-state index contributed by atoms with van der Waals surface area (Å²) in [6.45, 7) is 0. The Balaban J connectivity index is 1.90. The molecule has 104 valence electrons. The molecule has 0 heterocycles. The van der Waals surface area contributed by atoms with Crippen molar-refractivity contribution in [2.24, 2.45) is 4.99 Å². The summed E-state index contributed by atoms with van der Waals surface area (Å²) in [7, 11) is 1.72. The topological polar surface area (TPSA) is 21.6 Å². The maximum atomic E-state index is 5.50. The monoisotopic (exact) mass is 267 g/mol. The molecule has 0 aromatic heterocycles. The Morgan fingerprint density at radius 1 is 1.05 bits per heavy atom. The average Bonchev–Trinajstić information content (AvgIpc) is 2.53. The molecule has 0 spiro atoms. The number of aliphatic imine (C=N–C) groups is 1. The van der Waals surface area contributed by atoms with Crippen LogP contribution in [0.25, 0.3) is 10.8 Å². The van der Waals surface area contributed by atoms with Crippen molar-refractivity contribution in [1.29, 1.82) is 0 Å². The quantitative estimate of drug-likeness (QED) is 0.745. The third kappa shape index (κ3) is 2.84. The largest absolute Gasteiger partial charge is 0.496 e. The molecule has 1 aliphatic carbocycles. The van der Waals surface area contributed by atoms with E-state index in [0.29, 0.717) is 6.04 Å². The van der Waals surface area contributed by atoms with E-state index >= 15 is 0 Å². The second-order valence-corrected chi connectivity index (χ2v) is 5.51. The zero-order valence-electron chi connectivity index (χ0n) is 12.0. The summed E-state index contributed by atoms with van der Waals surface area (Å²) in [5.41, 5.74) is 1.08. The predicted molar refractivity (Wildman–Crippen MR) is 85.0 cm³/mol. The SMILES string of the molecule is COc1cc2ccccc2cc1C=NC1CCCCC1. The van der Waals surface area contributed by atoms with Gasteiger partial charge in [0.15, 0.2) is 0 Å². The standard InChI is InChI=1S/C18H21NO/c1-20-18-12-15-8-6-5-7-14(15)11-16(18)13-19-17-9-3-2-4-10-17/h5-8,11-13,17H,2-4,9-10H2,1H3. The van der Waals surface area contributed by atoms with Gasteiger partial charge in [-0.1, -0.05) is 43.5 Å². The Kier molecular flexibility index (Phi) is 4.00. The Morgan fingerprint density at radius 3 is 2.45 bits per heavy atom.